The number of aliphatic hydroxyl groups excluding tert-OH is 1. The molecule has 1 aromatic rings. The van der Waals surface area contributed by atoms with Crippen molar-refractivity contribution in [2.24, 2.45) is 5.92 Å². The number of hydrogen-bond acceptors (Lipinski definition) is 3. The van der Waals surface area contributed by atoms with Crippen molar-refractivity contribution in [3.8, 4) is 0 Å². The molecule has 0 bridgehead atoms. The van der Waals surface area contributed by atoms with Gasteiger partial charge in [-0.05, 0) is 31.2 Å². The third-order valence-corrected chi connectivity index (χ3v) is 3.05. The van der Waals surface area contributed by atoms with Crippen LogP contribution in [-0.2, 0) is 6.61 Å². The zero-order chi connectivity index (χ0) is 10.7. The van der Waals surface area contributed by atoms with Crippen molar-refractivity contribution >= 4 is 5.69 Å². The van der Waals surface area contributed by atoms with Crippen molar-refractivity contribution in [3.05, 3.63) is 24.0 Å². The van der Waals surface area contributed by atoms with Gasteiger partial charge in [0.05, 0.1) is 18.5 Å². The molecule has 2 rings (SSSR count). The Morgan fingerprint density at radius 1 is 1.60 bits per heavy atom. The van der Waals surface area contributed by atoms with Gasteiger partial charge in [-0.15, -0.1) is 0 Å². The van der Waals surface area contributed by atoms with Crippen LogP contribution in [0, 0.1) is 5.92 Å². The molecule has 1 aliphatic carbocycles. The molecule has 1 unspecified atom stereocenters. The van der Waals surface area contributed by atoms with Gasteiger partial charge >= 0.3 is 0 Å². The third-order valence-electron chi connectivity index (χ3n) is 3.05. The second-order valence-corrected chi connectivity index (χ2v) is 4.19. The van der Waals surface area contributed by atoms with E-state index in [0.29, 0.717) is 6.04 Å². The van der Waals surface area contributed by atoms with Gasteiger partial charge < -0.3 is 10.4 Å². The molecule has 0 amide bonds. The van der Waals surface area contributed by atoms with E-state index in [9.17, 15) is 5.11 Å². The van der Waals surface area contributed by atoms with Crippen LogP contribution in [0.4, 0.5) is 5.69 Å². The molecule has 0 saturated heterocycles. The molecule has 0 spiro atoms. The van der Waals surface area contributed by atoms with Gasteiger partial charge in [-0.2, -0.15) is 0 Å². The van der Waals surface area contributed by atoms with E-state index >= 15 is 0 Å². The summed E-state index contributed by atoms with van der Waals surface area (Å²) in [7, 11) is 0. The van der Waals surface area contributed by atoms with Crippen LogP contribution in [-0.4, -0.2) is 16.1 Å². The average Bonchev–Trinajstić information content (AvgIpc) is 3.10. The van der Waals surface area contributed by atoms with E-state index in [-0.39, 0.29) is 6.61 Å². The average molecular weight is 206 g/mol. The summed E-state index contributed by atoms with van der Waals surface area (Å²) in [5, 5.41) is 12.7. The Morgan fingerprint density at radius 2 is 2.40 bits per heavy atom. The molecule has 0 radical (unpaired) electrons. The third kappa shape index (κ3) is 2.48. The fraction of sp³-hybridized carbons (Fsp3) is 0.583. The predicted molar refractivity (Wildman–Crippen MR) is 60.6 cm³/mol. The fourth-order valence-corrected chi connectivity index (χ4v) is 1.94. The van der Waals surface area contributed by atoms with Gasteiger partial charge in [0, 0.05) is 17.8 Å². The van der Waals surface area contributed by atoms with Crippen LogP contribution >= 0.6 is 0 Å². The van der Waals surface area contributed by atoms with Crippen LogP contribution in [0.5, 0.6) is 0 Å². The number of anilines is 1. The summed E-state index contributed by atoms with van der Waals surface area (Å²) >= 11 is 0. The van der Waals surface area contributed by atoms with Crippen LogP contribution in [0.2, 0.25) is 0 Å². The predicted octanol–water partition coefficient (Wildman–Crippen LogP) is 2.17. The molecule has 0 aliphatic heterocycles. The van der Waals surface area contributed by atoms with Crippen molar-refractivity contribution in [1.29, 1.82) is 0 Å². The summed E-state index contributed by atoms with van der Waals surface area (Å²) in [5.41, 5.74) is 1.92. The van der Waals surface area contributed by atoms with Gasteiger partial charge in [0.1, 0.15) is 0 Å². The first-order valence-corrected chi connectivity index (χ1v) is 5.65. The van der Waals surface area contributed by atoms with Crippen molar-refractivity contribution in [1.82, 2.24) is 4.98 Å². The zero-order valence-electron chi connectivity index (χ0n) is 9.11. The largest absolute Gasteiger partial charge is 0.392 e. The zero-order valence-corrected chi connectivity index (χ0v) is 9.11. The van der Waals surface area contributed by atoms with E-state index in [1.54, 1.807) is 12.4 Å². The van der Waals surface area contributed by atoms with Crippen molar-refractivity contribution < 1.29 is 5.11 Å². The molecule has 3 heteroatoms. The lowest BCUT2D eigenvalue weighted by Gasteiger charge is -2.19. The monoisotopic (exact) mass is 206 g/mol. The lowest BCUT2D eigenvalue weighted by atomic mass is 10.1. The molecule has 1 atom stereocenters. The van der Waals surface area contributed by atoms with Gasteiger partial charge in [0.2, 0.25) is 0 Å². The summed E-state index contributed by atoms with van der Waals surface area (Å²) < 4.78 is 0. The number of nitrogens with one attached hydrogen (secondary N) is 1. The maximum Gasteiger partial charge on any atom is 0.0703 e. The number of aliphatic hydroxyl groups is 1. The second kappa shape index (κ2) is 4.62. The number of rotatable bonds is 5. The second-order valence-electron chi connectivity index (χ2n) is 4.19. The standard InChI is InChI=1S/C12H18N2O/c1-2-11(9-3-4-9)14-12-7-13-6-5-10(12)8-15/h5-7,9,11,14-15H,2-4,8H2,1H3. The van der Waals surface area contributed by atoms with E-state index in [1.807, 2.05) is 6.07 Å². The molecular weight excluding hydrogens is 188 g/mol. The van der Waals surface area contributed by atoms with E-state index in [0.717, 1.165) is 23.6 Å². The van der Waals surface area contributed by atoms with E-state index in [1.165, 1.54) is 12.8 Å². The smallest absolute Gasteiger partial charge is 0.0703 e. The minimum absolute atomic E-state index is 0.0754. The lowest BCUT2D eigenvalue weighted by molar-refractivity contribution is 0.282. The maximum absolute atomic E-state index is 9.19. The molecule has 1 fully saturated rings. The van der Waals surface area contributed by atoms with E-state index < -0.39 is 0 Å². The molecule has 2 N–H and O–H groups in total. The van der Waals surface area contributed by atoms with Gasteiger partial charge in [-0.1, -0.05) is 6.92 Å². The Morgan fingerprint density at radius 3 is 3.00 bits per heavy atom. The number of aromatic nitrogens is 1. The highest BCUT2D eigenvalue weighted by molar-refractivity contribution is 5.49. The van der Waals surface area contributed by atoms with Crippen molar-refractivity contribution in [2.45, 2.75) is 38.8 Å². The number of hydrogen-bond donors (Lipinski definition) is 2. The van der Waals surface area contributed by atoms with Crippen LogP contribution < -0.4 is 5.32 Å². The molecule has 15 heavy (non-hydrogen) atoms. The summed E-state index contributed by atoms with van der Waals surface area (Å²) in [4.78, 5) is 4.09. The fourth-order valence-electron chi connectivity index (χ4n) is 1.94. The van der Waals surface area contributed by atoms with Crippen LogP contribution in [0.1, 0.15) is 31.7 Å². The van der Waals surface area contributed by atoms with E-state index in [4.69, 9.17) is 0 Å². The van der Waals surface area contributed by atoms with Crippen LogP contribution in [0.15, 0.2) is 18.5 Å². The van der Waals surface area contributed by atoms with Crippen molar-refractivity contribution in [2.75, 3.05) is 5.32 Å². The highest BCUT2D eigenvalue weighted by Gasteiger charge is 2.30. The van der Waals surface area contributed by atoms with E-state index in [2.05, 4.69) is 17.2 Å². The quantitative estimate of drug-likeness (QED) is 0.776. The molecule has 1 aromatic heterocycles. The van der Waals surface area contributed by atoms with Crippen LogP contribution in [0.25, 0.3) is 0 Å². The molecule has 3 nitrogen and oxygen atoms in total. The topological polar surface area (TPSA) is 45.2 Å². The minimum Gasteiger partial charge on any atom is -0.392 e. The SMILES string of the molecule is CCC(Nc1cnccc1CO)C1CC1. The number of pyridine rings is 1. The Hall–Kier alpha value is -1.09. The van der Waals surface area contributed by atoms with Gasteiger partial charge in [0.15, 0.2) is 0 Å². The first-order chi connectivity index (χ1) is 7.35. The van der Waals surface area contributed by atoms with Crippen molar-refractivity contribution in [3.63, 3.8) is 0 Å². The molecule has 1 heterocycles. The molecule has 82 valence electrons. The summed E-state index contributed by atoms with van der Waals surface area (Å²) in [6.07, 6.45) is 7.32. The normalized spacial score (nSPS) is 17.5. The Labute approximate surface area is 90.5 Å². The Bertz CT molecular complexity index is 323. The maximum atomic E-state index is 9.19. The molecule has 1 saturated carbocycles. The summed E-state index contributed by atoms with van der Waals surface area (Å²) in [5.74, 6) is 0.821. The van der Waals surface area contributed by atoms with Gasteiger partial charge in [0.25, 0.3) is 0 Å². The van der Waals surface area contributed by atoms with Gasteiger partial charge in [-0.3, -0.25) is 4.98 Å². The van der Waals surface area contributed by atoms with Crippen LogP contribution in [0.3, 0.4) is 0 Å². The summed E-state index contributed by atoms with van der Waals surface area (Å²) in [6.45, 7) is 2.27. The summed E-state index contributed by atoms with van der Waals surface area (Å²) in [6, 6.07) is 2.40. The molecular formula is C12H18N2O. The Kier molecular flexibility index (Phi) is 3.21. The minimum atomic E-state index is 0.0754. The first-order valence-electron chi connectivity index (χ1n) is 5.65. The first kappa shape index (κ1) is 10.4. The highest BCUT2D eigenvalue weighted by atomic mass is 16.3. The molecule has 0 aromatic carbocycles. The number of nitrogens with zero attached hydrogens (tertiary/aromatic N) is 1. The highest BCUT2D eigenvalue weighted by Crippen LogP contribution is 2.35. The lowest BCUT2D eigenvalue weighted by Crippen LogP contribution is -2.21. The Balaban J connectivity index is 2.07. The van der Waals surface area contributed by atoms with Gasteiger partial charge in [-0.25, -0.2) is 0 Å². The molecule has 1 aliphatic rings.